The summed E-state index contributed by atoms with van der Waals surface area (Å²) in [4.78, 5) is 4.76. The lowest BCUT2D eigenvalue weighted by molar-refractivity contribution is 0.135. The van der Waals surface area contributed by atoms with Crippen molar-refractivity contribution in [2.24, 2.45) is 5.92 Å². The number of hydrogen-bond acceptors (Lipinski definition) is 6. The topological polar surface area (TPSA) is 59.3 Å². The van der Waals surface area contributed by atoms with Gasteiger partial charge >= 0.3 is 0 Å². The van der Waals surface area contributed by atoms with Gasteiger partial charge < -0.3 is 9.64 Å². The second-order valence-corrected chi connectivity index (χ2v) is 8.23. The molecule has 0 amide bonds. The molecule has 4 rings (SSSR count). The summed E-state index contributed by atoms with van der Waals surface area (Å²) in [5.41, 5.74) is 2.18. The summed E-state index contributed by atoms with van der Waals surface area (Å²) in [6.07, 6.45) is 0. The molecule has 0 bridgehead atoms. The molecule has 0 saturated carbocycles. The predicted molar refractivity (Wildman–Crippen MR) is 118 cm³/mol. The third-order valence-corrected chi connectivity index (χ3v) is 5.85. The lowest BCUT2D eigenvalue weighted by atomic mass is 10.0. The maximum absolute atomic E-state index is 13.2. The van der Waals surface area contributed by atoms with Gasteiger partial charge in [0.05, 0.1) is 19.7 Å². The molecule has 0 spiro atoms. The first kappa shape index (κ1) is 21.2. The molecule has 31 heavy (non-hydrogen) atoms. The van der Waals surface area contributed by atoms with Crippen molar-refractivity contribution in [1.82, 2.24) is 25.1 Å². The lowest BCUT2D eigenvalue weighted by Crippen LogP contribution is -2.49. The summed E-state index contributed by atoms with van der Waals surface area (Å²) < 4.78 is 20.4. The van der Waals surface area contributed by atoms with E-state index in [0.29, 0.717) is 12.5 Å². The fourth-order valence-electron chi connectivity index (χ4n) is 4.23. The van der Waals surface area contributed by atoms with Gasteiger partial charge in [-0.05, 0) is 58.3 Å². The highest BCUT2D eigenvalue weighted by atomic mass is 19.1. The second kappa shape index (κ2) is 9.43. The van der Waals surface area contributed by atoms with Crippen LogP contribution < -0.4 is 9.64 Å². The molecule has 8 heteroatoms. The average Bonchev–Trinajstić information content (AvgIpc) is 3.23. The highest BCUT2D eigenvalue weighted by Gasteiger charge is 2.31. The van der Waals surface area contributed by atoms with E-state index in [4.69, 9.17) is 4.74 Å². The minimum atomic E-state index is -0.203. The summed E-state index contributed by atoms with van der Waals surface area (Å²) in [5.74, 6) is 1.88. The van der Waals surface area contributed by atoms with Gasteiger partial charge in [-0.15, -0.1) is 5.10 Å². The number of ether oxygens (including phenoxy) is 1. The Hall–Kier alpha value is -3.00. The molecule has 2 heterocycles. The van der Waals surface area contributed by atoms with E-state index in [1.54, 1.807) is 7.11 Å². The van der Waals surface area contributed by atoms with Crippen LogP contribution in [0.3, 0.4) is 0 Å². The van der Waals surface area contributed by atoms with Crippen LogP contribution in [0.5, 0.6) is 5.75 Å². The first-order valence-corrected chi connectivity index (χ1v) is 10.7. The van der Waals surface area contributed by atoms with Gasteiger partial charge in [0.25, 0.3) is 0 Å². The van der Waals surface area contributed by atoms with Crippen molar-refractivity contribution in [2.75, 3.05) is 38.2 Å². The molecule has 1 aromatic heterocycles. The van der Waals surface area contributed by atoms with Crippen molar-refractivity contribution in [3.63, 3.8) is 0 Å². The SMILES string of the molecule is COc1ccc(Cn2nnnc2[C@@H](C(C)C)N2CCN(c3ccc(F)cc3)CC2)cc1. The van der Waals surface area contributed by atoms with Crippen LogP contribution in [0.15, 0.2) is 48.5 Å². The number of rotatable bonds is 7. The van der Waals surface area contributed by atoms with Crippen molar-refractivity contribution in [3.05, 3.63) is 65.7 Å². The quantitative estimate of drug-likeness (QED) is 0.580. The predicted octanol–water partition coefficient (Wildman–Crippen LogP) is 3.39. The number of anilines is 1. The first-order chi connectivity index (χ1) is 15.0. The summed E-state index contributed by atoms with van der Waals surface area (Å²) in [7, 11) is 1.66. The Balaban J connectivity index is 1.47. The number of benzene rings is 2. The minimum absolute atomic E-state index is 0.128. The zero-order valence-electron chi connectivity index (χ0n) is 18.3. The third kappa shape index (κ3) is 4.85. The van der Waals surface area contributed by atoms with E-state index in [1.807, 2.05) is 41.1 Å². The fourth-order valence-corrected chi connectivity index (χ4v) is 4.23. The van der Waals surface area contributed by atoms with Crippen LogP contribution in [0.2, 0.25) is 0 Å². The number of piperazine rings is 1. The van der Waals surface area contributed by atoms with Gasteiger partial charge in [-0.1, -0.05) is 26.0 Å². The van der Waals surface area contributed by atoms with Gasteiger partial charge in [0.2, 0.25) is 0 Å². The maximum atomic E-state index is 13.2. The maximum Gasteiger partial charge on any atom is 0.169 e. The molecule has 1 aliphatic rings. The van der Waals surface area contributed by atoms with Crippen LogP contribution >= 0.6 is 0 Å². The van der Waals surface area contributed by atoms with Gasteiger partial charge in [0, 0.05) is 31.9 Å². The van der Waals surface area contributed by atoms with Crippen LogP contribution in [0, 0.1) is 11.7 Å². The van der Waals surface area contributed by atoms with E-state index in [0.717, 1.165) is 49.0 Å². The van der Waals surface area contributed by atoms with Crippen molar-refractivity contribution in [3.8, 4) is 5.75 Å². The molecular formula is C23H29FN6O. The van der Waals surface area contributed by atoms with Gasteiger partial charge in [0.15, 0.2) is 5.82 Å². The molecular weight excluding hydrogens is 395 g/mol. The van der Waals surface area contributed by atoms with Gasteiger partial charge in [-0.25, -0.2) is 9.07 Å². The molecule has 0 N–H and O–H groups in total. The highest BCUT2D eigenvalue weighted by molar-refractivity contribution is 5.46. The Labute approximate surface area is 182 Å². The second-order valence-electron chi connectivity index (χ2n) is 8.23. The van der Waals surface area contributed by atoms with E-state index in [9.17, 15) is 4.39 Å². The number of aromatic nitrogens is 4. The zero-order chi connectivity index (χ0) is 21.8. The van der Waals surface area contributed by atoms with Crippen molar-refractivity contribution in [2.45, 2.75) is 26.4 Å². The van der Waals surface area contributed by atoms with Gasteiger partial charge in [0.1, 0.15) is 11.6 Å². The Morgan fingerprint density at radius 1 is 0.968 bits per heavy atom. The highest BCUT2D eigenvalue weighted by Crippen LogP contribution is 2.29. The average molecular weight is 425 g/mol. The fraction of sp³-hybridized carbons (Fsp3) is 0.435. The van der Waals surface area contributed by atoms with Crippen molar-refractivity contribution >= 4 is 5.69 Å². The number of hydrogen-bond donors (Lipinski definition) is 0. The summed E-state index contributed by atoms with van der Waals surface area (Å²) in [6, 6.07) is 14.8. The molecule has 0 aliphatic carbocycles. The molecule has 0 radical (unpaired) electrons. The standard InChI is InChI=1S/C23H29FN6O/c1-17(2)22(29-14-12-28(13-15-29)20-8-6-19(24)7-9-20)23-25-26-27-30(23)16-18-4-10-21(31-3)11-5-18/h4-11,17,22H,12-16H2,1-3H3/t22-/m1/s1. The number of tetrazole rings is 1. The van der Waals surface area contributed by atoms with Crippen LogP contribution in [-0.2, 0) is 6.54 Å². The molecule has 1 fully saturated rings. The Bertz CT molecular complexity index is 964. The molecule has 1 aliphatic heterocycles. The summed E-state index contributed by atoms with van der Waals surface area (Å²) >= 11 is 0. The van der Waals surface area contributed by atoms with Crippen LogP contribution in [0.1, 0.15) is 31.3 Å². The molecule has 0 unspecified atom stereocenters. The smallest absolute Gasteiger partial charge is 0.169 e. The van der Waals surface area contributed by atoms with Crippen molar-refractivity contribution in [1.29, 1.82) is 0 Å². The van der Waals surface area contributed by atoms with E-state index in [2.05, 4.69) is 39.2 Å². The van der Waals surface area contributed by atoms with E-state index in [1.165, 1.54) is 12.1 Å². The number of methoxy groups -OCH3 is 1. The summed E-state index contributed by atoms with van der Waals surface area (Å²) in [6.45, 7) is 8.60. The van der Waals surface area contributed by atoms with Crippen molar-refractivity contribution < 1.29 is 9.13 Å². The van der Waals surface area contributed by atoms with Crippen LogP contribution in [0.25, 0.3) is 0 Å². The largest absolute Gasteiger partial charge is 0.497 e. The van der Waals surface area contributed by atoms with E-state index in [-0.39, 0.29) is 11.9 Å². The molecule has 2 aromatic carbocycles. The van der Waals surface area contributed by atoms with Crippen LogP contribution in [-0.4, -0.2) is 58.4 Å². The Morgan fingerprint density at radius 2 is 1.65 bits per heavy atom. The zero-order valence-corrected chi connectivity index (χ0v) is 18.3. The Morgan fingerprint density at radius 3 is 2.26 bits per heavy atom. The minimum Gasteiger partial charge on any atom is -0.497 e. The molecule has 1 saturated heterocycles. The third-order valence-electron chi connectivity index (χ3n) is 5.85. The Kier molecular flexibility index (Phi) is 6.46. The normalized spacial score (nSPS) is 16.0. The first-order valence-electron chi connectivity index (χ1n) is 10.7. The molecule has 3 aromatic rings. The van der Waals surface area contributed by atoms with Crippen LogP contribution in [0.4, 0.5) is 10.1 Å². The lowest BCUT2D eigenvalue weighted by Gasteiger charge is -2.41. The molecule has 7 nitrogen and oxygen atoms in total. The number of halogens is 1. The van der Waals surface area contributed by atoms with E-state index < -0.39 is 0 Å². The van der Waals surface area contributed by atoms with Gasteiger partial charge in [-0.2, -0.15) is 0 Å². The molecule has 1 atom stereocenters. The van der Waals surface area contributed by atoms with E-state index >= 15 is 0 Å². The van der Waals surface area contributed by atoms with Gasteiger partial charge in [-0.3, -0.25) is 4.90 Å². The summed E-state index contributed by atoms with van der Waals surface area (Å²) in [5, 5.41) is 12.7. The number of nitrogens with zero attached hydrogens (tertiary/aromatic N) is 6. The molecule has 164 valence electrons. The monoisotopic (exact) mass is 424 g/mol.